The van der Waals surface area contributed by atoms with Crippen molar-refractivity contribution in [3.63, 3.8) is 0 Å². The maximum Gasteiger partial charge on any atom is 0.355 e. The molecule has 0 spiro atoms. The highest BCUT2D eigenvalue weighted by Gasteiger charge is 2.57. The minimum absolute atomic E-state index is 1.32. The third kappa shape index (κ3) is 2.29. The zero-order valence-corrected chi connectivity index (χ0v) is 7.37. The first-order valence-corrected chi connectivity index (χ1v) is 3.43. The second-order valence-corrected chi connectivity index (χ2v) is 3.16. The Morgan fingerprint density at radius 2 is 1.42 bits per heavy atom. The van der Waals surface area contributed by atoms with Crippen LogP contribution in [0.2, 0.25) is 0 Å². The van der Waals surface area contributed by atoms with E-state index in [1.807, 2.05) is 0 Å². The third-order valence-corrected chi connectivity index (χ3v) is 1.98. The van der Waals surface area contributed by atoms with Crippen molar-refractivity contribution >= 4 is 27.5 Å². The average Bonchev–Trinajstić information content (AvgIpc) is 1.83. The first kappa shape index (κ1) is 12.1. The van der Waals surface area contributed by atoms with E-state index in [0.717, 1.165) is 0 Å². The van der Waals surface area contributed by atoms with Crippen LogP contribution in [-0.4, -0.2) is 9.96 Å². The van der Waals surface area contributed by atoms with Crippen LogP contribution in [0.15, 0.2) is 11.9 Å². The molecule has 0 saturated heterocycles. The Morgan fingerprint density at radius 1 is 1.08 bits per heavy atom. The predicted octanol–water partition coefficient (Wildman–Crippen LogP) is 3.96. The Labute approximate surface area is 76.3 Å². The molecule has 0 heterocycles. The molecule has 8 heteroatoms. The molecule has 0 radical (unpaired) electrons. The summed E-state index contributed by atoms with van der Waals surface area (Å²) in [4.78, 5) is -4.60. The molecule has 12 heavy (non-hydrogen) atoms. The molecule has 0 aliphatic heterocycles. The van der Waals surface area contributed by atoms with E-state index in [0.29, 0.717) is 0 Å². The Bertz CT molecular complexity index is 202. The van der Waals surface area contributed by atoms with Gasteiger partial charge in [-0.25, -0.2) is 8.78 Å². The van der Waals surface area contributed by atoms with Crippen molar-refractivity contribution in [3.05, 3.63) is 11.9 Å². The maximum absolute atomic E-state index is 12.3. The summed E-state index contributed by atoms with van der Waals surface area (Å²) in [7, 11) is 0. The van der Waals surface area contributed by atoms with Gasteiger partial charge in [-0.1, -0.05) is 11.6 Å². The topological polar surface area (TPSA) is 0 Å². The molecule has 0 aromatic rings. The minimum atomic E-state index is -4.60. The molecule has 0 aliphatic rings. The third-order valence-electron chi connectivity index (χ3n) is 0.798. The van der Waals surface area contributed by atoms with Crippen LogP contribution in [0, 0.1) is 0 Å². The fraction of sp³-hybridized carbons (Fsp3) is 0.500. The summed E-state index contributed by atoms with van der Waals surface area (Å²) < 4.78 is 70.6. The Hall–Kier alpha value is 0.0900. The molecule has 0 aliphatic carbocycles. The molecule has 0 saturated carbocycles. The lowest BCUT2D eigenvalue weighted by molar-refractivity contribution is 0.000624. The summed E-state index contributed by atoms with van der Waals surface area (Å²) in [5, 5.41) is -4.56. The molecule has 0 bridgehead atoms. The highest BCUT2D eigenvalue weighted by Crippen LogP contribution is 2.47. The van der Waals surface area contributed by atoms with Gasteiger partial charge in [-0.05, 0) is 15.9 Å². The van der Waals surface area contributed by atoms with Gasteiger partial charge in [0.25, 0.3) is 0 Å². The summed E-state index contributed by atoms with van der Waals surface area (Å²) in [5.41, 5.74) is 0. The molecule has 0 nitrogen and oxygen atoms in total. The maximum atomic E-state index is 12.3. The number of halogens is 8. The normalized spacial score (nSPS) is 17.0. The first-order chi connectivity index (χ1) is 5.10. The molecule has 1 unspecified atom stereocenters. The van der Waals surface area contributed by atoms with Crippen LogP contribution in [0.1, 0.15) is 0 Å². The molecule has 0 amide bonds. The van der Waals surface area contributed by atoms with E-state index >= 15 is 0 Å². The van der Waals surface area contributed by atoms with Crippen molar-refractivity contribution in [1.82, 2.24) is 0 Å². The van der Waals surface area contributed by atoms with Crippen molar-refractivity contribution in [2.24, 2.45) is 0 Å². The molecular weight excluding hydrogens is 277 g/mol. The van der Waals surface area contributed by atoms with Crippen molar-refractivity contribution in [2.75, 3.05) is 0 Å². The van der Waals surface area contributed by atoms with Crippen LogP contribution in [0.4, 0.5) is 26.3 Å². The second-order valence-electron chi connectivity index (χ2n) is 1.65. The second kappa shape index (κ2) is 3.45. The van der Waals surface area contributed by atoms with Crippen LogP contribution >= 0.6 is 27.5 Å². The lowest BCUT2D eigenvalue weighted by atomic mass is 10.3. The number of allylic oxidation sites excluding steroid dienone is 1. The molecule has 0 fully saturated rings. The lowest BCUT2D eigenvalue weighted by Gasteiger charge is -2.20. The van der Waals surface area contributed by atoms with E-state index in [1.54, 1.807) is 0 Å². The molecule has 0 aromatic carbocycles. The van der Waals surface area contributed by atoms with Crippen molar-refractivity contribution in [1.29, 1.82) is 0 Å². The number of rotatable bonds is 2. The zero-order valence-electron chi connectivity index (χ0n) is 5.02. The van der Waals surface area contributed by atoms with E-state index in [9.17, 15) is 26.3 Å². The summed E-state index contributed by atoms with van der Waals surface area (Å²) in [6.45, 7) is 0. The Kier molecular flexibility index (Phi) is 3.48. The molecule has 1 atom stereocenters. The number of alkyl halides is 5. The van der Waals surface area contributed by atoms with Gasteiger partial charge in [0.1, 0.15) is 0 Å². The molecule has 0 rings (SSSR count). The Morgan fingerprint density at radius 3 is 1.50 bits per heavy atom. The first-order valence-electron chi connectivity index (χ1n) is 2.26. The average molecular weight is 277 g/mol. The van der Waals surface area contributed by atoms with Gasteiger partial charge in [0.05, 0.1) is 0 Å². The summed E-state index contributed by atoms with van der Waals surface area (Å²) in [6, 6.07) is 0. The molecule has 0 aromatic heterocycles. The van der Waals surface area contributed by atoms with Gasteiger partial charge in [-0.3, -0.25) is 0 Å². The molecular formula is C4BrClF6. The van der Waals surface area contributed by atoms with E-state index in [-0.39, 0.29) is 0 Å². The van der Waals surface area contributed by atoms with Crippen LogP contribution < -0.4 is 0 Å². The smallest absolute Gasteiger partial charge is 0.210 e. The largest absolute Gasteiger partial charge is 0.355 e. The van der Waals surface area contributed by atoms with Crippen molar-refractivity contribution in [2.45, 2.75) is 9.96 Å². The van der Waals surface area contributed by atoms with Gasteiger partial charge < -0.3 is 0 Å². The summed E-state index contributed by atoms with van der Waals surface area (Å²) in [6.07, 6.45) is -3.23. The highest BCUT2D eigenvalue weighted by atomic mass is 79.9. The fourth-order valence-electron chi connectivity index (χ4n) is 0.243. The molecule has 0 N–H and O–H groups in total. The summed E-state index contributed by atoms with van der Waals surface area (Å²) in [5.74, 6) is -3.01. The van der Waals surface area contributed by atoms with E-state index < -0.39 is 21.9 Å². The van der Waals surface area contributed by atoms with Crippen LogP contribution in [0.3, 0.4) is 0 Å². The van der Waals surface area contributed by atoms with Crippen LogP contribution in [0.5, 0.6) is 0 Å². The fourth-order valence-corrected chi connectivity index (χ4v) is 0.489. The van der Waals surface area contributed by atoms with Crippen LogP contribution in [0.25, 0.3) is 0 Å². The van der Waals surface area contributed by atoms with Gasteiger partial charge >= 0.3 is 16.0 Å². The van der Waals surface area contributed by atoms with E-state index in [2.05, 4.69) is 11.6 Å². The van der Waals surface area contributed by atoms with Crippen molar-refractivity contribution in [3.8, 4) is 0 Å². The minimum Gasteiger partial charge on any atom is -0.210 e. The monoisotopic (exact) mass is 276 g/mol. The standard InChI is InChI=1S/C4BrClF6/c5-4(11,12)3(6,10)1(7)2(8)9. The van der Waals surface area contributed by atoms with Gasteiger partial charge in [-0.2, -0.15) is 17.6 Å². The van der Waals surface area contributed by atoms with E-state index in [4.69, 9.17) is 0 Å². The van der Waals surface area contributed by atoms with Crippen molar-refractivity contribution < 1.29 is 26.3 Å². The number of hydrogen-bond donors (Lipinski definition) is 0. The van der Waals surface area contributed by atoms with Gasteiger partial charge in [-0.15, -0.1) is 0 Å². The predicted molar refractivity (Wildman–Crippen MR) is 33.9 cm³/mol. The highest BCUT2D eigenvalue weighted by molar-refractivity contribution is 9.10. The van der Waals surface area contributed by atoms with Gasteiger partial charge in [0, 0.05) is 0 Å². The molecule has 72 valence electrons. The van der Waals surface area contributed by atoms with Gasteiger partial charge in [0.2, 0.25) is 5.83 Å². The van der Waals surface area contributed by atoms with Crippen LogP contribution in [-0.2, 0) is 0 Å². The van der Waals surface area contributed by atoms with E-state index in [1.165, 1.54) is 15.9 Å². The van der Waals surface area contributed by atoms with Gasteiger partial charge in [0.15, 0.2) is 0 Å². The SMILES string of the molecule is FC(F)=C(F)C(F)(Cl)C(F)(F)Br. The zero-order chi connectivity index (χ0) is 10.2. The lowest BCUT2D eigenvalue weighted by Crippen LogP contribution is -2.34. The number of hydrogen-bond acceptors (Lipinski definition) is 0. The quantitative estimate of drug-likeness (QED) is 0.529. The Balaban J connectivity index is 5.01. The summed E-state index contributed by atoms with van der Waals surface area (Å²) >= 11 is 5.50.